The van der Waals surface area contributed by atoms with Gasteiger partial charge in [0.2, 0.25) is 5.91 Å². The Kier molecular flexibility index (Phi) is 4.08. The van der Waals surface area contributed by atoms with Gasteiger partial charge in [-0.2, -0.15) is 0 Å². The molecule has 0 atom stereocenters. The van der Waals surface area contributed by atoms with Gasteiger partial charge in [-0.1, -0.05) is 18.2 Å². The van der Waals surface area contributed by atoms with E-state index >= 15 is 0 Å². The number of likely N-dealkylation sites (tertiary alicyclic amines) is 1. The number of hydrogen-bond donors (Lipinski definition) is 1. The van der Waals surface area contributed by atoms with Gasteiger partial charge in [-0.3, -0.25) is 9.79 Å². The van der Waals surface area contributed by atoms with E-state index < -0.39 is 0 Å². The smallest absolute Gasteiger partial charge is 0.241 e. The number of amides is 1. The van der Waals surface area contributed by atoms with Crippen molar-refractivity contribution >= 4 is 17.6 Å². The molecule has 1 amide bonds. The maximum absolute atomic E-state index is 12.1. The molecule has 1 aromatic rings. The molecular weight excluding hydrogens is 264 g/mol. The van der Waals surface area contributed by atoms with Gasteiger partial charge in [-0.25, -0.2) is 0 Å². The molecule has 3 rings (SSSR count). The zero-order chi connectivity index (χ0) is 14.7. The van der Waals surface area contributed by atoms with Crippen LogP contribution in [0.4, 0.5) is 5.69 Å². The minimum absolute atomic E-state index is 0.168. The first-order valence-electron chi connectivity index (χ1n) is 7.63. The molecule has 5 heteroatoms. The van der Waals surface area contributed by atoms with Crippen LogP contribution in [0.1, 0.15) is 18.4 Å². The second-order valence-corrected chi connectivity index (χ2v) is 5.52. The Bertz CT molecular complexity index is 549. The highest BCUT2D eigenvalue weighted by atomic mass is 16.2. The summed E-state index contributed by atoms with van der Waals surface area (Å²) in [5, 5.41) is 3.21. The summed E-state index contributed by atoms with van der Waals surface area (Å²) in [5.74, 6) is 0.952. The maximum Gasteiger partial charge on any atom is 0.241 e. The second kappa shape index (κ2) is 6.16. The molecule has 5 nitrogen and oxygen atoms in total. The lowest BCUT2D eigenvalue weighted by Gasteiger charge is -2.23. The fourth-order valence-corrected chi connectivity index (χ4v) is 3.09. The van der Waals surface area contributed by atoms with E-state index in [1.807, 2.05) is 11.0 Å². The average Bonchev–Trinajstić information content (AvgIpc) is 3.17. The predicted molar refractivity (Wildman–Crippen MR) is 84.7 cm³/mol. The zero-order valence-corrected chi connectivity index (χ0v) is 12.5. The molecule has 0 aromatic heterocycles. The first-order chi connectivity index (χ1) is 10.3. The van der Waals surface area contributed by atoms with Crippen molar-refractivity contribution in [2.45, 2.75) is 19.3 Å². The van der Waals surface area contributed by atoms with Crippen LogP contribution in [0.15, 0.2) is 29.3 Å². The van der Waals surface area contributed by atoms with Gasteiger partial charge in [-0.05, 0) is 30.9 Å². The van der Waals surface area contributed by atoms with Crippen LogP contribution in [0.25, 0.3) is 0 Å². The largest absolute Gasteiger partial charge is 0.347 e. The van der Waals surface area contributed by atoms with E-state index in [9.17, 15) is 4.79 Å². The van der Waals surface area contributed by atoms with Crippen LogP contribution >= 0.6 is 0 Å². The summed E-state index contributed by atoms with van der Waals surface area (Å²) >= 11 is 0. The number of anilines is 1. The van der Waals surface area contributed by atoms with Gasteiger partial charge >= 0.3 is 0 Å². The number of carbonyl (C=O) groups is 1. The van der Waals surface area contributed by atoms with Crippen LogP contribution in [0.5, 0.6) is 0 Å². The molecule has 1 fully saturated rings. The van der Waals surface area contributed by atoms with E-state index in [-0.39, 0.29) is 5.91 Å². The SMILES string of the molecule is CN=C(NCC(=O)N1CCCC1)N1CCc2ccccc21. The van der Waals surface area contributed by atoms with Crippen LogP contribution in [0, 0.1) is 0 Å². The van der Waals surface area contributed by atoms with Gasteiger partial charge < -0.3 is 15.1 Å². The third-order valence-corrected chi connectivity index (χ3v) is 4.21. The number of rotatable bonds is 2. The molecule has 0 bridgehead atoms. The lowest BCUT2D eigenvalue weighted by atomic mass is 10.2. The molecular formula is C16H22N4O. The number of aliphatic imine (C=N–C) groups is 1. The molecule has 1 N–H and O–H groups in total. The molecule has 2 aliphatic rings. The van der Waals surface area contributed by atoms with Crippen molar-refractivity contribution in [3.63, 3.8) is 0 Å². The number of nitrogens with zero attached hydrogens (tertiary/aromatic N) is 3. The zero-order valence-electron chi connectivity index (χ0n) is 12.5. The minimum Gasteiger partial charge on any atom is -0.347 e. The summed E-state index contributed by atoms with van der Waals surface area (Å²) < 4.78 is 0. The van der Waals surface area contributed by atoms with Crippen molar-refractivity contribution in [2.75, 3.05) is 38.1 Å². The van der Waals surface area contributed by atoms with E-state index in [2.05, 4.69) is 33.4 Å². The van der Waals surface area contributed by atoms with Crippen LogP contribution in [0.2, 0.25) is 0 Å². The standard InChI is InChI=1S/C16H22N4O/c1-17-16(18-12-15(21)19-9-4-5-10-19)20-11-8-13-6-2-3-7-14(13)20/h2-3,6-7H,4-5,8-12H2,1H3,(H,17,18). The Morgan fingerprint density at radius 1 is 1.24 bits per heavy atom. The van der Waals surface area contributed by atoms with E-state index in [4.69, 9.17) is 0 Å². The Labute approximate surface area is 125 Å². The summed E-state index contributed by atoms with van der Waals surface area (Å²) in [7, 11) is 1.77. The number of fused-ring (bicyclic) bond motifs is 1. The van der Waals surface area contributed by atoms with Crippen molar-refractivity contribution in [2.24, 2.45) is 4.99 Å². The van der Waals surface area contributed by atoms with Crippen molar-refractivity contribution in [3.05, 3.63) is 29.8 Å². The molecule has 1 aromatic carbocycles. The van der Waals surface area contributed by atoms with Gasteiger partial charge in [0.25, 0.3) is 0 Å². The van der Waals surface area contributed by atoms with Gasteiger partial charge in [0.05, 0.1) is 6.54 Å². The summed E-state index contributed by atoms with van der Waals surface area (Å²) in [6, 6.07) is 8.37. The first kappa shape index (κ1) is 13.9. The molecule has 2 heterocycles. The molecule has 1 saturated heterocycles. The molecule has 2 aliphatic heterocycles. The van der Waals surface area contributed by atoms with E-state index in [1.165, 1.54) is 11.3 Å². The predicted octanol–water partition coefficient (Wildman–Crippen LogP) is 1.25. The quantitative estimate of drug-likeness (QED) is 0.657. The third-order valence-electron chi connectivity index (χ3n) is 4.21. The minimum atomic E-state index is 0.168. The van der Waals surface area contributed by atoms with Crippen molar-refractivity contribution in [1.29, 1.82) is 0 Å². The Morgan fingerprint density at radius 3 is 2.76 bits per heavy atom. The molecule has 0 radical (unpaired) electrons. The number of benzene rings is 1. The van der Waals surface area contributed by atoms with Gasteiger partial charge in [0.1, 0.15) is 0 Å². The number of carbonyl (C=O) groups excluding carboxylic acids is 1. The van der Waals surface area contributed by atoms with Gasteiger partial charge in [-0.15, -0.1) is 0 Å². The summed E-state index contributed by atoms with van der Waals surface area (Å²) in [5.41, 5.74) is 2.53. The Morgan fingerprint density at radius 2 is 2.00 bits per heavy atom. The normalized spacial score (nSPS) is 18.0. The van der Waals surface area contributed by atoms with Crippen LogP contribution in [0.3, 0.4) is 0 Å². The number of nitrogens with one attached hydrogen (secondary N) is 1. The summed E-state index contributed by atoms with van der Waals surface area (Å²) in [4.78, 5) is 20.5. The van der Waals surface area contributed by atoms with Crippen LogP contribution in [-0.2, 0) is 11.2 Å². The lowest BCUT2D eigenvalue weighted by Crippen LogP contribution is -2.45. The summed E-state index contributed by atoms with van der Waals surface area (Å²) in [6.07, 6.45) is 3.27. The number of hydrogen-bond acceptors (Lipinski definition) is 2. The van der Waals surface area contributed by atoms with Gasteiger partial charge in [0, 0.05) is 32.4 Å². The molecule has 112 valence electrons. The number of para-hydroxylation sites is 1. The first-order valence-corrected chi connectivity index (χ1v) is 7.63. The van der Waals surface area contributed by atoms with E-state index in [0.717, 1.165) is 44.9 Å². The van der Waals surface area contributed by atoms with Crippen molar-refractivity contribution in [1.82, 2.24) is 10.2 Å². The second-order valence-electron chi connectivity index (χ2n) is 5.52. The fraction of sp³-hybridized carbons (Fsp3) is 0.500. The third kappa shape index (κ3) is 2.86. The lowest BCUT2D eigenvalue weighted by molar-refractivity contribution is -0.128. The van der Waals surface area contributed by atoms with Crippen molar-refractivity contribution in [3.8, 4) is 0 Å². The molecule has 0 unspecified atom stereocenters. The summed E-state index contributed by atoms with van der Waals surface area (Å²) in [6.45, 7) is 3.03. The molecule has 0 saturated carbocycles. The van der Waals surface area contributed by atoms with E-state index in [1.54, 1.807) is 7.05 Å². The van der Waals surface area contributed by atoms with E-state index in [0.29, 0.717) is 6.54 Å². The van der Waals surface area contributed by atoms with Crippen LogP contribution < -0.4 is 10.2 Å². The topological polar surface area (TPSA) is 47.9 Å². The molecule has 0 aliphatic carbocycles. The Hall–Kier alpha value is -2.04. The average molecular weight is 286 g/mol. The maximum atomic E-state index is 12.1. The number of guanidine groups is 1. The molecule has 21 heavy (non-hydrogen) atoms. The monoisotopic (exact) mass is 286 g/mol. The highest BCUT2D eigenvalue weighted by Gasteiger charge is 2.24. The molecule has 0 spiro atoms. The van der Waals surface area contributed by atoms with Crippen LogP contribution in [-0.4, -0.2) is 50.0 Å². The Balaban J connectivity index is 1.63. The van der Waals surface area contributed by atoms with Crippen molar-refractivity contribution < 1.29 is 4.79 Å². The fourth-order valence-electron chi connectivity index (χ4n) is 3.09. The highest BCUT2D eigenvalue weighted by molar-refractivity contribution is 5.99. The highest BCUT2D eigenvalue weighted by Crippen LogP contribution is 2.27. The van der Waals surface area contributed by atoms with Gasteiger partial charge in [0.15, 0.2) is 5.96 Å².